The van der Waals surface area contributed by atoms with Gasteiger partial charge in [0.1, 0.15) is 0 Å². The Kier molecular flexibility index (Phi) is 5.71. The molecule has 0 aromatic carbocycles. The number of piperazine rings is 1. The zero-order valence-electron chi connectivity index (χ0n) is 10.9. The molecule has 8 nitrogen and oxygen atoms in total. The summed E-state index contributed by atoms with van der Waals surface area (Å²) >= 11 is 0. The van der Waals surface area contributed by atoms with Gasteiger partial charge in [0.2, 0.25) is 0 Å². The van der Waals surface area contributed by atoms with Crippen molar-refractivity contribution in [1.29, 1.82) is 0 Å². The number of esters is 1. The van der Waals surface area contributed by atoms with Gasteiger partial charge >= 0.3 is 11.9 Å². The van der Waals surface area contributed by atoms with Gasteiger partial charge in [-0.3, -0.25) is 14.5 Å². The molecule has 1 rings (SSSR count). The van der Waals surface area contributed by atoms with Crippen LogP contribution in [0.15, 0.2) is 0 Å². The summed E-state index contributed by atoms with van der Waals surface area (Å²) in [5.74, 6) is -2.11. The third-order valence-corrected chi connectivity index (χ3v) is 2.85. The van der Waals surface area contributed by atoms with Crippen molar-refractivity contribution in [2.24, 2.45) is 5.73 Å². The second-order valence-electron chi connectivity index (χ2n) is 4.22. The molecule has 19 heavy (non-hydrogen) atoms. The average molecular weight is 273 g/mol. The van der Waals surface area contributed by atoms with E-state index in [-0.39, 0.29) is 13.2 Å². The minimum absolute atomic E-state index is 0.0496. The molecule has 8 heteroatoms. The molecule has 1 unspecified atom stereocenters. The summed E-state index contributed by atoms with van der Waals surface area (Å²) in [4.78, 5) is 37.0. The van der Waals surface area contributed by atoms with Crippen molar-refractivity contribution in [2.45, 2.75) is 13.0 Å². The molecule has 1 amide bonds. The SMILES string of the molecule is CCOC(=O)C(N)C(=O)N1CCN(CC(=O)O)CC1. The lowest BCUT2D eigenvalue weighted by molar-refractivity contribution is -0.151. The maximum absolute atomic E-state index is 11.9. The van der Waals surface area contributed by atoms with Gasteiger partial charge in [0.15, 0.2) is 6.04 Å². The molecule has 0 bridgehead atoms. The first kappa shape index (κ1) is 15.4. The van der Waals surface area contributed by atoms with Gasteiger partial charge in [-0.25, -0.2) is 4.79 Å². The van der Waals surface area contributed by atoms with Gasteiger partial charge in [-0.15, -0.1) is 0 Å². The molecule has 1 aliphatic rings. The number of ether oxygens (including phenoxy) is 1. The molecular formula is C11H19N3O5. The Morgan fingerprint density at radius 1 is 1.26 bits per heavy atom. The number of aliphatic carboxylic acids is 1. The van der Waals surface area contributed by atoms with Gasteiger partial charge in [-0.1, -0.05) is 0 Å². The normalized spacial score (nSPS) is 17.9. The minimum Gasteiger partial charge on any atom is -0.480 e. The van der Waals surface area contributed by atoms with Gasteiger partial charge in [0.25, 0.3) is 5.91 Å². The first-order chi connectivity index (χ1) is 8.95. The Hall–Kier alpha value is -1.67. The van der Waals surface area contributed by atoms with E-state index in [9.17, 15) is 14.4 Å². The maximum Gasteiger partial charge on any atom is 0.332 e. The molecular weight excluding hydrogens is 254 g/mol. The summed E-state index contributed by atoms with van der Waals surface area (Å²) in [5.41, 5.74) is 5.52. The molecule has 3 N–H and O–H groups in total. The first-order valence-electron chi connectivity index (χ1n) is 6.10. The van der Waals surface area contributed by atoms with Crippen molar-refractivity contribution < 1.29 is 24.2 Å². The zero-order valence-corrected chi connectivity index (χ0v) is 10.9. The predicted molar refractivity (Wildman–Crippen MR) is 65.3 cm³/mol. The largest absolute Gasteiger partial charge is 0.480 e. The Morgan fingerprint density at radius 3 is 2.32 bits per heavy atom. The van der Waals surface area contributed by atoms with Crippen LogP contribution in [0.2, 0.25) is 0 Å². The van der Waals surface area contributed by atoms with Crippen molar-refractivity contribution in [3.8, 4) is 0 Å². The molecule has 1 aliphatic heterocycles. The standard InChI is InChI=1S/C11H19N3O5/c1-2-19-11(18)9(12)10(17)14-5-3-13(4-6-14)7-8(15)16/h9H,2-7,12H2,1H3,(H,15,16). The number of hydrogen-bond acceptors (Lipinski definition) is 6. The van der Waals surface area contributed by atoms with Crippen LogP contribution in [0, 0.1) is 0 Å². The van der Waals surface area contributed by atoms with Crippen LogP contribution in [0.4, 0.5) is 0 Å². The fraction of sp³-hybridized carbons (Fsp3) is 0.727. The van der Waals surface area contributed by atoms with Gasteiger partial charge < -0.3 is 20.5 Å². The molecule has 0 radical (unpaired) electrons. The Labute approximate surface area is 111 Å². The number of carboxylic acids is 1. The molecule has 1 atom stereocenters. The summed E-state index contributed by atoms with van der Waals surface area (Å²) in [6.07, 6.45) is 0. The second kappa shape index (κ2) is 7.05. The number of rotatable bonds is 5. The number of nitrogens with two attached hydrogens (primary N) is 1. The smallest absolute Gasteiger partial charge is 0.332 e. The molecule has 1 heterocycles. The topological polar surface area (TPSA) is 113 Å². The summed E-state index contributed by atoms with van der Waals surface area (Å²) in [7, 11) is 0. The predicted octanol–water partition coefficient (Wildman–Crippen LogP) is -1.89. The number of carboxylic acid groups (broad SMARTS) is 1. The number of hydrogen-bond donors (Lipinski definition) is 2. The number of carbonyl (C=O) groups excluding carboxylic acids is 2. The van der Waals surface area contributed by atoms with E-state index in [4.69, 9.17) is 10.8 Å². The number of amides is 1. The quantitative estimate of drug-likeness (QED) is 0.444. The van der Waals surface area contributed by atoms with Crippen molar-refractivity contribution in [2.75, 3.05) is 39.3 Å². The van der Waals surface area contributed by atoms with E-state index in [0.717, 1.165) is 0 Å². The molecule has 1 saturated heterocycles. The van der Waals surface area contributed by atoms with Crippen molar-refractivity contribution in [3.05, 3.63) is 0 Å². The zero-order chi connectivity index (χ0) is 14.4. The van der Waals surface area contributed by atoms with Crippen LogP contribution in [-0.4, -0.2) is 78.1 Å². The Bertz CT molecular complexity index is 352. The molecule has 0 saturated carbocycles. The van der Waals surface area contributed by atoms with Gasteiger partial charge in [-0.2, -0.15) is 0 Å². The van der Waals surface area contributed by atoms with E-state index in [1.54, 1.807) is 11.8 Å². The number of nitrogens with zero attached hydrogens (tertiary/aromatic N) is 2. The van der Waals surface area contributed by atoms with Crippen LogP contribution in [0.3, 0.4) is 0 Å². The molecule has 0 aromatic rings. The minimum atomic E-state index is -1.30. The van der Waals surface area contributed by atoms with Crippen LogP contribution in [0.5, 0.6) is 0 Å². The highest BCUT2D eigenvalue weighted by Crippen LogP contribution is 2.04. The Balaban J connectivity index is 2.44. The lowest BCUT2D eigenvalue weighted by Gasteiger charge is -2.34. The fourth-order valence-corrected chi connectivity index (χ4v) is 1.85. The van der Waals surface area contributed by atoms with E-state index < -0.39 is 23.9 Å². The highest BCUT2D eigenvalue weighted by Gasteiger charge is 2.30. The third kappa shape index (κ3) is 4.49. The molecule has 0 spiro atoms. The molecule has 0 aromatic heterocycles. The van der Waals surface area contributed by atoms with Crippen LogP contribution >= 0.6 is 0 Å². The van der Waals surface area contributed by atoms with Crippen LogP contribution < -0.4 is 5.73 Å². The maximum atomic E-state index is 11.9. The van der Waals surface area contributed by atoms with E-state index >= 15 is 0 Å². The van der Waals surface area contributed by atoms with Crippen LogP contribution in [0.25, 0.3) is 0 Å². The lowest BCUT2D eigenvalue weighted by Crippen LogP contribution is -2.55. The average Bonchev–Trinajstić information content (AvgIpc) is 2.37. The van der Waals surface area contributed by atoms with Crippen LogP contribution in [-0.2, 0) is 19.1 Å². The summed E-state index contributed by atoms with van der Waals surface area (Å²) < 4.78 is 4.69. The van der Waals surface area contributed by atoms with Crippen molar-refractivity contribution in [3.63, 3.8) is 0 Å². The summed E-state index contributed by atoms with van der Waals surface area (Å²) in [6.45, 7) is 3.39. The highest BCUT2D eigenvalue weighted by molar-refractivity contribution is 6.01. The molecule has 1 fully saturated rings. The van der Waals surface area contributed by atoms with E-state index in [1.807, 2.05) is 0 Å². The van der Waals surface area contributed by atoms with Gasteiger partial charge in [-0.05, 0) is 6.92 Å². The van der Waals surface area contributed by atoms with Gasteiger partial charge in [0, 0.05) is 26.2 Å². The molecule has 0 aliphatic carbocycles. The molecule has 108 valence electrons. The second-order valence-corrected chi connectivity index (χ2v) is 4.22. The van der Waals surface area contributed by atoms with E-state index in [0.29, 0.717) is 26.2 Å². The number of carbonyl (C=O) groups is 3. The van der Waals surface area contributed by atoms with Crippen molar-refractivity contribution in [1.82, 2.24) is 9.80 Å². The highest BCUT2D eigenvalue weighted by atomic mass is 16.5. The van der Waals surface area contributed by atoms with E-state index in [2.05, 4.69) is 4.74 Å². The van der Waals surface area contributed by atoms with Crippen molar-refractivity contribution >= 4 is 17.8 Å². The lowest BCUT2D eigenvalue weighted by atomic mass is 10.2. The monoisotopic (exact) mass is 273 g/mol. The first-order valence-corrected chi connectivity index (χ1v) is 6.10. The third-order valence-electron chi connectivity index (χ3n) is 2.85. The summed E-state index contributed by atoms with van der Waals surface area (Å²) in [5, 5.41) is 8.66. The van der Waals surface area contributed by atoms with Crippen LogP contribution in [0.1, 0.15) is 6.92 Å². The fourth-order valence-electron chi connectivity index (χ4n) is 1.85. The van der Waals surface area contributed by atoms with E-state index in [1.165, 1.54) is 4.90 Å². The Morgan fingerprint density at radius 2 is 1.84 bits per heavy atom. The summed E-state index contributed by atoms with van der Waals surface area (Å²) in [6, 6.07) is -1.30. The van der Waals surface area contributed by atoms with Gasteiger partial charge in [0.05, 0.1) is 13.2 Å².